The third kappa shape index (κ3) is 4.46. The molecule has 3 fully saturated rings. The number of Topliss-reactive ketones (excluding diaryl/α,β-unsaturated/α-hetero) is 1. The van der Waals surface area contributed by atoms with E-state index in [4.69, 9.17) is 9.72 Å². The Balaban J connectivity index is 1.25. The van der Waals surface area contributed by atoms with Crippen LogP contribution in [0.3, 0.4) is 0 Å². The summed E-state index contributed by atoms with van der Waals surface area (Å²) in [5.74, 6) is 0.831. The highest BCUT2D eigenvalue weighted by molar-refractivity contribution is 7.16. The molecule has 2 saturated carbocycles. The fraction of sp³-hybridized carbons (Fsp3) is 0.613. The molecule has 4 atom stereocenters. The number of ether oxygens (including phenoxy) is 1. The smallest absolute Gasteiger partial charge is 0.410 e. The molecule has 0 aromatic carbocycles. The standard InChI is InChI=1S/C31H39N7O3S/c1-19-17-37(28(40)41-29(2,3)4)13-8-14-38(19)27-33-12-10-21(35-27)25(39)31-15-23(31)30(31)11-7-9-22-24(30)20(16-32)26(42-22)34-18-36(5)6/h10,12,18-19,23H,7-9,11,13-15,17H2,1-6H3/b34-18+/t19-,23?,30+,31+/m0/s1. The summed E-state index contributed by atoms with van der Waals surface area (Å²) in [4.78, 5) is 47.9. The van der Waals surface area contributed by atoms with Gasteiger partial charge in [-0.05, 0) is 77.3 Å². The van der Waals surface area contributed by atoms with Gasteiger partial charge in [-0.2, -0.15) is 5.26 Å². The van der Waals surface area contributed by atoms with Crippen LogP contribution >= 0.6 is 11.3 Å². The van der Waals surface area contributed by atoms with Crippen LogP contribution in [-0.4, -0.2) is 83.4 Å². The lowest BCUT2D eigenvalue weighted by molar-refractivity contribution is 0.0251. The number of anilines is 1. The Morgan fingerprint density at radius 1 is 1.29 bits per heavy atom. The second kappa shape index (κ2) is 10.0. The van der Waals surface area contributed by atoms with Gasteiger partial charge in [-0.25, -0.2) is 19.8 Å². The highest BCUT2D eigenvalue weighted by atomic mass is 32.1. The highest BCUT2D eigenvalue weighted by Crippen LogP contribution is 2.91. The number of amides is 1. The number of nitriles is 1. The van der Waals surface area contributed by atoms with Crippen molar-refractivity contribution in [2.75, 3.05) is 38.6 Å². The maximum absolute atomic E-state index is 14.2. The first-order valence-corrected chi connectivity index (χ1v) is 15.6. The van der Waals surface area contributed by atoms with Crippen molar-refractivity contribution in [3.8, 4) is 6.07 Å². The van der Waals surface area contributed by atoms with E-state index in [0.717, 1.165) is 42.7 Å². The summed E-state index contributed by atoms with van der Waals surface area (Å²) >= 11 is 1.60. The van der Waals surface area contributed by atoms with Crippen molar-refractivity contribution in [1.29, 1.82) is 5.26 Å². The van der Waals surface area contributed by atoms with Crippen molar-refractivity contribution in [3.63, 3.8) is 0 Å². The molecule has 11 heteroatoms. The van der Waals surface area contributed by atoms with Gasteiger partial charge in [0.2, 0.25) is 5.95 Å². The minimum absolute atomic E-state index is 0.0458. The number of hydrogen-bond acceptors (Lipinski definition) is 9. The average molecular weight is 590 g/mol. The van der Waals surface area contributed by atoms with Crippen LogP contribution in [-0.2, 0) is 16.6 Å². The summed E-state index contributed by atoms with van der Waals surface area (Å²) in [6, 6.07) is 4.13. The second-order valence-electron chi connectivity index (χ2n) is 13.3. The molecule has 1 spiro atoms. The van der Waals surface area contributed by atoms with Crippen LogP contribution in [0, 0.1) is 22.7 Å². The zero-order chi connectivity index (χ0) is 30.0. The van der Waals surface area contributed by atoms with Gasteiger partial charge in [0, 0.05) is 61.7 Å². The zero-order valence-corrected chi connectivity index (χ0v) is 26.1. The minimum Gasteiger partial charge on any atom is -0.444 e. The Bertz CT molecular complexity index is 1500. The SMILES string of the molecule is C[C@H]1CN(C(=O)OC(C)(C)C)CCCN1c1nccc(C(=O)[C@@]23CC2[C@@]32CCCc3sc(/N=C/N(C)C)c(C#N)c32)n1. The van der Waals surface area contributed by atoms with E-state index in [1.165, 1.54) is 4.88 Å². The molecule has 2 aromatic heterocycles. The van der Waals surface area contributed by atoms with Gasteiger partial charge in [-0.3, -0.25) is 4.79 Å². The quantitative estimate of drug-likeness (QED) is 0.274. The Labute approximate surface area is 251 Å². The van der Waals surface area contributed by atoms with Gasteiger partial charge in [0.15, 0.2) is 5.78 Å². The Morgan fingerprint density at radius 2 is 2.07 bits per heavy atom. The first-order valence-electron chi connectivity index (χ1n) is 14.8. The normalized spacial score (nSPS) is 28.1. The number of hydrogen-bond donors (Lipinski definition) is 0. The van der Waals surface area contributed by atoms with Gasteiger partial charge < -0.3 is 19.4 Å². The van der Waals surface area contributed by atoms with Crippen molar-refractivity contribution >= 4 is 40.5 Å². The summed E-state index contributed by atoms with van der Waals surface area (Å²) in [7, 11) is 3.82. The molecule has 3 heterocycles. The van der Waals surface area contributed by atoms with E-state index >= 15 is 0 Å². The molecular weight excluding hydrogens is 550 g/mol. The lowest BCUT2D eigenvalue weighted by Gasteiger charge is -2.32. The van der Waals surface area contributed by atoms with Crippen molar-refractivity contribution in [2.24, 2.45) is 16.3 Å². The highest BCUT2D eigenvalue weighted by Gasteiger charge is 2.92. The first-order chi connectivity index (χ1) is 19.9. The molecule has 4 aliphatic rings. The van der Waals surface area contributed by atoms with E-state index in [9.17, 15) is 14.9 Å². The number of carbonyl (C=O) groups excluding carboxylic acids is 2. The van der Waals surface area contributed by atoms with Crippen LogP contribution in [0.5, 0.6) is 0 Å². The van der Waals surface area contributed by atoms with Gasteiger partial charge >= 0.3 is 6.09 Å². The molecule has 2 aromatic rings. The minimum atomic E-state index is -0.554. The van der Waals surface area contributed by atoms with Crippen molar-refractivity contribution in [2.45, 2.75) is 76.9 Å². The van der Waals surface area contributed by atoms with E-state index in [1.54, 1.807) is 34.8 Å². The molecule has 0 radical (unpaired) electrons. The topological polar surface area (TPSA) is 115 Å². The van der Waals surface area contributed by atoms with Crippen LogP contribution in [0.4, 0.5) is 15.7 Å². The molecule has 6 rings (SSSR count). The number of rotatable bonds is 5. The molecule has 0 bridgehead atoms. The van der Waals surface area contributed by atoms with Crippen LogP contribution in [0.1, 0.15) is 79.9 Å². The summed E-state index contributed by atoms with van der Waals surface area (Å²) in [6.07, 6.45) is 7.53. The maximum atomic E-state index is 14.2. The number of nitrogens with zero attached hydrogens (tertiary/aromatic N) is 7. The molecule has 0 N–H and O–H groups in total. The van der Waals surface area contributed by atoms with Crippen LogP contribution in [0.2, 0.25) is 0 Å². The lowest BCUT2D eigenvalue weighted by Crippen LogP contribution is -2.43. The summed E-state index contributed by atoms with van der Waals surface area (Å²) in [5.41, 5.74) is 0.840. The summed E-state index contributed by atoms with van der Waals surface area (Å²) in [6.45, 7) is 9.41. The van der Waals surface area contributed by atoms with Crippen molar-refractivity contribution in [3.05, 3.63) is 34.0 Å². The number of aliphatic imine (C=N–C) groups is 1. The van der Waals surface area contributed by atoms with Crippen molar-refractivity contribution < 1.29 is 14.3 Å². The molecule has 1 unspecified atom stereocenters. The van der Waals surface area contributed by atoms with Crippen LogP contribution in [0.25, 0.3) is 0 Å². The first kappa shape index (κ1) is 28.6. The van der Waals surface area contributed by atoms with Crippen LogP contribution < -0.4 is 4.90 Å². The number of ketones is 1. The van der Waals surface area contributed by atoms with Gasteiger partial charge in [0.05, 0.1) is 11.9 Å². The van der Waals surface area contributed by atoms with Crippen LogP contribution in [0.15, 0.2) is 17.3 Å². The predicted molar refractivity (Wildman–Crippen MR) is 162 cm³/mol. The molecule has 1 saturated heterocycles. The molecule has 1 aliphatic heterocycles. The van der Waals surface area contributed by atoms with E-state index < -0.39 is 11.0 Å². The Kier molecular flexibility index (Phi) is 6.84. The van der Waals surface area contributed by atoms with E-state index in [1.807, 2.05) is 46.7 Å². The van der Waals surface area contributed by atoms with E-state index in [0.29, 0.717) is 36.8 Å². The van der Waals surface area contributed by atoms with E-state index in [2.05, 4.69) is 20.9 Å². The summed E-state index contributed by atoms with van der Waals surface area (Å²) < 4.78 is 5.61. The fourth-order valence-corrected chi connectivity index (χ4v) is 8.56. The zero-order valence-electron chi connectivity index (χ0n) is 25.3. The molecule has 42 heavy (non-hydrogen) atoms. The third-order valence-electron chi connectivity index (χ3n) is 9.20. The monoisotopic (exact) mass is 589 g/mol. The summed E-state index contributed by atoms with van der Waals surface area (Å²) in [5, 5.41) is 10.9. The van der Waals surface area contributed by atoms with Gasteiger partial charge in [-0.15, -0.1) is 11.3 Å². The number of aromatic nitrogens is 2. The van der Waals surface area contributed by atoms with Gasteiger partial charge in [-0.1, -0.05) is 0 Å². The van der Waals surface area contributed by atoms with E-state index in [-0.39, 0.29) is 29.3 Å². The second-order valence-corrected chi connectivity index (χ2v) is 14.4. The fourth-order valence-electron chi connectivity index (χ4n) is 7.35. The van der Waals surface area contributed by atoms with Crippen molar-refractivity contribution in [1.82, 2.24) is 19.8 Å². The van der Waals surface area contributed by atoms with Gasteiger partial charge in [0.25, 0.3) is 0 Å². The molecule has 10 nitrogen and oxygen atoms in total. The molecule has 1 amide bonds. The number of thiophene rings is 1. The third-order valence-corrected chi connectivity index (χ3v) is 10.4. The number of fused-ring (bicyclic) bond motifs is 5. The molecular formula is C31H39N7O3S. The Morgan fingerprint density at radius 3 is 2.76 bits per heavy atom. The largest absolute Gasteiger partial charge is 0.444 e. The van der Waals surface area contributed by atoms with Gasteiger partial charge in [0.1, 0.15) is 22.4 Å². The number of carbonyl (C=O) groups is 2. The molecule has 222 valence electrons. The predicted octanol–water partition coefficient (Wildman–Crippen LogP) is 4.94. The molecule has 3 aliphatic carbocycles. The lowest BCUT2D eigenvalue weighted by atomic mass is 9.71. The maximum Gasteiger partial charge on any atom is 0.410 e. The number of aryl methyl sites for hydroxylation is 1. The average Bonchev–Trinajstić information content (AvgIpc) is 3.79. The Hall–Kier alpha value is -3.52.